The molecule has 1 unspecified atom stereocenters. The molecule has 3 aromatic rings. The first kappa shape index (κ1) is 18.5. The lowest BCUT2D eigenvalue weighted by atomic mass is 10.0. The Morgan fingerprint density at radius 3 is 2.29 bits per heavy atom. The maximum Gasteiger partial charge on any atom is 0.213 e. The van der Waals surface area contributed by atoms with Crippen molar-refractivity contribution in [3.8, 4) is 17.1 Å². The summed E-state index contributed by atoms with van der Waals surface area (Å²) in [5, 5.41) is 3.66. The summed E-state index contributed by atoms with van der Waals surface area (Å²) in [7, 11) is 1.67. The van der Waals surface area contributed by atoms with E-state index in [1.54, 1.807) is 7.11 Å². The molecule has 0 amide bonds. The third kappa shape index (κ3) is 3.87. The number of nitrogens with one attached hydrogen (secondary N) is 1. The molecule has 1 aliphatic rings. The van der Waals surface area contributed by atoms with E-state index in [0.29, 0.717) is 11.9 Å². The molecule has 4 rings (SSSR count). The van der Waals surface area contributed by atoms with Crippen LogP contribution in [0.25, 0.3) is 11.3 Å². The number of methoxy groups -OCH3 is 1. The predicted molar refractivity (Wildman–Crippen MR) is 115 cm³/mol. The second kappa shape index (κ2) is 8.03. The molecular formula is C24H27N3O. The summed E-state index contributed by atoms with van der Waals surface area (Å²) >= 11 is 0. The number of nitrogens with zero attached hydrogens (tertiary/aromatic N) is 2. The average molecular weight is 374 g/mol. The van der Waals surface area contributed by atoms with Crippen molar-refractivity contribution >= 4 is 5.69 Å². The average Bonchev–Trinajstić information content (AvgIpc) is 2.74. The Labute approximate surface area is 167 Å². The minimum atomic E-state index is 0.308. The van der Waals surface area contributed by atoms with E-state index in [2.05, 4.69) is 78.7 Å². The van der Waals surface area contributed by atoms with Crippen LogP contribution in [0.1, 0.15) is 22.7 Å². The van der Waals surface area contributed by atoms with Crippen molar-refractivity contribution in [3.63, 3.8) is 0 Å². The van der Waals surface area contributed by atoms with Gasteiger partial charge in [-0.2, -0.15) is 0 Å². The third-order valence-corrected chi connectivity index (χ3v) is 5.38. The van der Waals surface area contributed by atoms with Gasteiger partial charge in [0.2, 0.25) is 5.88 Å². The van der Waals surface area contributed by atoms with Crippen LogP contribution in [0.5, 0.6) is 5.88 Å². The van der Waals surface area contributed by atoms with Crippen LogP contribution in [0.4, 0.5) is 5.69 Å². The fourth-order valence-electron chi connectivity index (χ4n) is 3.72. The van der Waals surface area contributed by atoms with Gasteiger partial charge in [0.1, 0.15) is 0 Å². The van der Waals surface area contributed by atoms with Crippen molar-refractivity contribution in [2.45, 2.75) is 19.9 Å². The molecule has 2 aromatic carbocycles. The van der Waals surface area contributed by atoms with E-state index in [1.807, 2.05) is 6.07 Å². The van der Waals surface area contributed by atoms with Crippen molar-refractivity contribution in [2.75, 3.05) is 31.6 Å². The van der Waals surface area contributed by atoms with Gasteiger partial charge in [0.15, 0.2) is 0 Å². The lowest BCUT2D eigenvalue weighted by Crippen LogP contribution is -2.46. The van der Waals surface area contributed by atoms with Gasteiger partial charge in [-0.15, -0.1) is 0 Å². The van der Waals surface area contributed by atoms with Crippen LogP contribution in [-0.2, 0) is 0 Å². The second-order valence-corrected chi connectivity index (χ2v) is 7.45. The molecule has 2 heterocycles. The minimum absolute atomic E-state index is 0.308. The Balaban J connectivity index is 1.67. The summed E-state index contributed by atoms with van der Waals surface area (Å²) in [5.74, 6) is 0.643. The highest BCUT2D eigenvalue weighted by Crippen LogP contribution is 2.33. The van der Waals surface area contributed by atoms with Crippen LogP contribution >= 0.6 is 0 Å². The van der Waals surface area contributed by atoms with Crippen molar-refractivity contribution in [1.82, 2.24) is 10.3 Å². The van der Waals surface area contributed by atoms with E-state index in [4.69, 9.17) is 9.72 Å². The molecule has 4 heteroatoms. The first-order valence-electron chi connectivity index (χ1n) is 9.81. The van der Waals surface area contributed by atoms with Crippen molar-refractivity contribution in [1.29, 1.82) is 0 Å². The zero-order chi connectivity index (χ0) is 19.5. The summed E-state index contributed by atoms with van der Waals surface area (Å²) < 4.78 is 5.40. The predicted octanol–water partition coefficient (Wildman–Crippen LogP) is 4.52. The fraction of sp³-hybridized carbons (Fsp3) is 0.292. The summed E-state index contributed by atoms with van der Waals surface area (Å²) in [5.41, 5.74) is 7.11. The zero-order valence-electron chi connectivity index (χ0n) is 16.8. The van der Waals surface area contributed by atoms with E-state index in [1.165, 1.54) is 16.7 Å². The van der Waals surface area contributed by atoms with Gasteiger partial charge in [-0.25, -0.2) is 4.98 Å². The van der Waals surface area contributed by atoms with E-state index in [-0.39, 0.29) is 0 Å². The molecule has 0 bridgehead atoms. The van der Waals surface area contributed by atoms with Gasteiger partial charge in [-0.3, -0.25) is 0 Å². The number of anilines is 1. The van der Waals surface area contributed by atoms with Crippen LogP contribution in [0.15, 0.2) is 60.7 Å². The highest BCUT2D eigenvalue weighted by atomic mass is 16.5. The van der Waals surface area contributed by atoms with Crippen molar-refractivity contribution in [2.24, 2.45) is 0 Å². The molecule has 0 aliphatic carbocycles. The normalized spacial score (nSPS) is 16.8. The van der Waals surface area contributed by atoms with Gasteiger partial charge in [-0.05, 0) is 25.5 Å². The molecular weight excluding hydrogens is 346 g/mol. The number of piperazine rings is 1. The molecule has 28 heavy (non-hydrogen) atoms. The number of hydrogen-bond donors (Lipinski definition) is 1. The summed E-state index contributed by atoms with van der Waals surface area (Å²) in [4.78, 5) is 7.22. The fourth-order valence-corrected chi connectivity index (χ4v) is 3.72. The van der Waals surface area contributed by atoms with E-state index in [9.17, 15) is 0 Å². The molecule has 144 valence electrons. The molecule has 0 radical (unpaired) electrons. The number of aromatic nitrogens is 1. The first-order chi connectivity index (χ1) is 13.6. The molecule has 1 aromatic heterocycles. The Kier molecular flexibility index (Phi) is 5.31. The number of hydrogen-bond acceptors (Lipinski definition) is 4. The third-order valence-electron chi connectivity index (χ3n) is 5.38. The quantitative estimate of drug-likeness (QED) is 0.729. The molecule has 1 N–H and O–H groups in total. The molecule has 4 nitrogen and oxygen atoms in total. The summed E-state index contributed by atoms with van der Waals surface area (Å²) in [6.45, 7) is 7.04. The minimum Gasteiger partial charge on any atom is -0.481 e. The van der Waals surface area contributed by atoms with Crippen LogP contribution < -0.4 is 15.0 Å². The van der Waals surface area contributed by atoms with E-state index in [0.717, 1.165) is 36.6 Å². The molecule has 1 fully saturated rings. The smallest absolute Gasteiger partial charge is 0.213 e. The molecule has 0 spiro atoms. The lowest BCUT2D eigenvalue weighted by molar-refractivity contribution is 0.398. The van der Waals surface area contributed by atoms with Gasteiger partial charge < -0.3 is 15.0 Å². The van der Waals surface area contributed by atoms with Gasteiger partial charge in [0.05, 0.1) is 18.5 Å². The Hall–Kier alpha value is -2.85. The SMILES string of the molecule is COc1ccc(N2CCNC(c3ccc(C)cc3)C2)c(-c2ccc(C)cc2)n1. The maximum atomic E-state index is 5.40. The van der Waals surface area contributed by atoms with Gasteiger partial charge in [-0.1, -0.05) is 59.7 Å². The van der Waals surface area contributed by atoms with Crippen molar-refractivity contribution < 1.29 is 4.74 Å². The van der Waals surface area contributed by atoms with Gasteiger partial charge in [0.25, 0.3) is 0 Å². The topological polar surface area (TPSA) is 37.4 Å². The molecule has 1 aliphatic heterocycles. The Morgan fingerprint density at radius 1 is 0.929 bits per heavy atom. The standard InChI is InChI=1S/C24H27N3O/c1-17-4-8-19(9-5-17)21-16-27(15-14-25-21)22-12-13-23(28-3)26-24(22)20-10-6-18(2)7-11-20/h4-13,21,25H,14-16H2,1-3H3. The number of pyridine rings is 1. The zero-order valence-corrected chi connectivity index (χ0v) is 16.8. The highest BCUT2D eigenvalue weighted by molar-refractivity contribution is 5.76. The summed E-state index contributed by atoms with van der Waals surface area (Å²) in [6.07, 6.45) is 0. The Morgan fingerprint density at radius 2 is 1.61 bits per heavy atom. The highest BCUT2D eigenvalue weighted by Gasteiger charge is 2.24. The monoisotopic (exact) mass is 373 g/mol. The Bertz CT molecular complexity index is 935. The summed E-state index contributed by atoms with van der Waals surface area (Å²) in [6, 6.07) is 21.8. The largest absolute Gasteiger partial charge is 0.481 e. The first-order valence-corrected chi connectivity index (χ1v) is 9.81. The number of aryl methyl sites for hydroxylation is 2. The van der Waals surface area contributed by atoms with Gasteiger partial charge in [0, 0.05) is 37.3 Å². The van der Waals surface area contributed by atoms with Crippen LogP contribution in [0.3, 0.4) is 0 Å². The van der Waals surface area contributed by atoms with E-state index >= 15 is 0 Å². The van der Waals surface area contributed by atoms with Crippen LogP contribution in [0.2, 0.25) is 0 Å². The maximum absolute atomic E-state index is 5.40. The van der Waals surface area contributed by atoms with Crippen molar-refractivity contribution in [3.05, 3.63) is 77.4 Å². The lowest BCUT2D eigenvalue weighted by Gasteiger charge is -2.36. The van der Waals surface area contributed by atoms with Gasteiger partial charge >= 0.3 is 0 Å². The second-order valence-electron chi connectivity index (χ2n) is 7.45. The number of rotatable bonds is 4. The molecule has 1 saturated heterocycles. The molecule has 0 saturated carbocycles. The van der Waals surface area contributed by atoms with Crippen LogP contribution in [0, 0.1) is 13.8 Å². The van der Waals surface area contributed by atoms with Crippen LogP contribution in [-0.4, -0.2) is 31.7 Å². The number of benzene rings is 2. The molecule has 1 atom stereocenters. The number of ether oxygens (including phenoxy) is 1. The van der Waals surface area contributed by atoms with E-state index < -0.39 is 0 Å².